The summed E-state index contributed by atoms with van der Waals surface area (Å²) in [6.07, 6.45) is 5.90. The lowest BCUT2D eigenvalue weighted by Crippen LogP contribution is -2.33. The van der Waals surface area contributed by atoms with Crippen LogP contribution in [0.5, 0.6) is 11.6 Å². The van der Waals surface area contributed by atoms with Gasteiger partial charge in [0, 0.05) is 55.5 Å². The van der Waals surface area contributed by atoms with E-state index >= 15 is 0 Å². The molecule has 2 heterocycles. The van der Waals surface area contributed by atoms with Crippen LogP contribution in [0.25, 0.3) is 11.0 Å². The van der Waals surface area contributed by atoms with Crippen LogP contribution in [0.2, 0.25) is 0 Å². The van der Waals surface area contributed by atoms with Crippen molar-refractivity contribution in [3.63, 3.8) is 0 Å². The van der Waals surface area contributed by atoms with Gasteiger partial charge < -0.3 is 24.6 Å². The second kappa shape index (κ2) is 11.2. The van der Waals surface area contributed by atoms with Gasteiger partial charge in [0.05, 0.1) is 10.5 Å². The Hall–Kier alpha value is -4.29. The number of fused-ring (bicyclic) bond motifs is 1. The van der Waals surface area contributed by atoms with Crippen molar-refractivity contribution in [1.29, 1.82) is 0 Å². The molecule has 0 spiro atoms. The molecule has 11 nitrogen and oxygen atoms in total. The Labute approximate surface area is 225 Å². The van der Waals surface area contributed by atoms with E-state index in [0.717, 1.165) is 19.1 Å². The Morgan fingerprint density at radius 2 is 2.05 bits per heavy atom. The molecule has 0 bridgehead atoms. The number of amides is 1. The van der Waals surface area contributed by atoms with Crippen LogP contribution in [0.15, 0.2) is 70.3 Å². The number of ether oxygens (including phenoxy) is 1. The lowest BCUT2D eigenvalue weighted by Gasteiger charge is -2.21. The van der Waals surface area contributed by atoms with Gasteiger partial charge >= 0.3 is 0 Å². The third kappa shape index (κ3) is 6.24. The van der Waals surface area contributed by atoms with Crippen LogP contribution >= 0.6 is 0 Å². The summed E-state index contributed by atoms with van der Waals surface area (Å²) in [5, 5.41) is 6.26. The molecular weight excluding hydrogens is 522 g/mol. The first kappa shape index (κ1) is 26.3. The molecule has 0 atom stereocenters. The minimum absolute atomic E-state index is 0.139. The summed E-state index contributed by atoms with van der Waals surface area (Å²) in [5.41, 5.74) is 1.42. The molecule has 0 radical (unpaired) electrons. The summed E-state index contributed by atoms with van der Waals surface area (Å²) in [7, 11) is -2.06. The summed E-state index contributed by atoms with van der Waals surface area (Å²) in [6.45, 7) is 0.425. The number of carbonyl (C=O) groups is 2. The van der Waals surface area contributed by atoms with E-state index < -0.39 is 9.84 Å². The summed E-state index contributed by atoms with van der Waals surface area (Å²) in [5.74, 6) is 0.536. The Bertz CT molecular complexity index is 1620. The Morgan fingerprint density at radius 3 is 2.82 bits per heavy atom. The van der Waals surface area contributed by atoms with E-state index in [0.29, 0.717) is 40.9 Å². The first-order valence-corrected chi connectivity index (χ1v) is 14.0. The van der Waals surface area contributed by atoms with Crippen LogP contribution in [0.4, 0.5) is 11.6 Å². The van der Waals surface area contributed by atoms with Crippen LogP contribution < -0.4 is 15.4 Å². The number of rotatable bonds is 12. The van der Waals surface area contributed by atoms with Crippen molar-refractivity contribution < 1.29 is 27.2 Å². The van der Waals surface area contributed by atoms with Gasteiger partial charge in [0.15, 0.2) is 9.84 Å². The SMILES string of the molecule is CNC(=O)c1coc2cc(Oc3ccnc(Nc4cccc(S(=O)(=O)CN(CCC=O)C5CC5)c4)n3)ccc12. The van der Waals surface area contributed by atoms with Crippen molar-refractivity contribution in [2.24, 2.45) is 0 Å². The van der Waals surface area contributed by atoms with E-state index in [4.69, 9.17) is 9.15 Å². The van der Waals surface area contributed by atoms with E-state index in [1.807, 2.05) is 4.90 Å². The molecule has 1 aliphatic carbocycles. The number of nitrogens with zero attached hydrogens (tertiary/aromatic N) is 3. The monoisotopic (exact) mass is 549 g/mol. The van der Waals surface area contributed by atoms with Crippen molar-refractivity contribution in [1.82, 2.24) is 20.2 Å². The molecule has 1 amide bonds. The number of benzene rings is 2. The maximum atomic E-state index is 13.1. The van der Waals surface area contributed by atoms with Crippen molar-refractivity contribution in [3.05, 3.63) is 66.6 Å². The van der Waals surface area contributed by atoms with Gasteiger partial charge in [-0.05, 0) is 43.2 Å². The smallest absolute Gasteiger partial charge is 0.254 e. The van der Waals surface area contributed by atoms with E-state index in [2.05, 4.69) is 20.6 Å². The molecular formula is C27H27N5O6S. The van der Waals surface area contributed by atoms with Gasteiger partial charge in [-0.1, -0.05) is 6.07 Å². The predicted octanol–water partition coefficient (Wildman–Crippen LogP) is 3.90. The second-order valence-corrected chi connectivity index (χ2v) is 11.1. The number of hydrogen-bond donors (Lipinski definition) is 2. The summed E-state index contributed by atoms with van der Waals surface area (Å²) in [6, 6.07) is 13.3. The number of furan rings is 1. The van der Waals surface area contributed by atoms with Crippen LogP contribution in [-0.4, -0.2) is 61.0 Å². The van der Waals surface area contributed by atoms with Gasteiger partial charge in [-0.2, -0.15) is 4.98 Å². The van der Waals surface area contributed by atoms with Crippen LogP contribution in [0.1, 0.15) is 29.6 Å². The van der Waals surface area contributed by atoms with Gasteiger partial charge in [-0.15, -0.1) is 0 Å². The number of sulfone groups is 1. The molecule has 1 fully saturated rings. The zero-order chi connectivity index (χ0) is 27.4. The number of aldehydes is 1. The molecule has 12 heteroatoms. The molecule has 1 aliphatic rings. The fourth-order valence-corrected chi connectivity index (χ4v) is 5.68. The van der Waals surface area contributed by atoms with Crippen LogP contribution in [0, 0.1) is 0 Å². The molecule has 2 N–H and O–H groups in total. The topological polar surface area (TPSA) is 144 Å². The molecule has 0 unspecified atom stereocenters. The highest BCUT2D eigenvalue weighted by Gasteiger charge is 2.32. The van der Waals surface area contributed by atoms with Crippen LogP contribution in [0.3, 0.4) is 0 Å². The van der Waals surface area contributed by atoms with Crippen molar-refractivity contribution in [3.8, 4) is 11.6 Å². The zero-order valence-electron chi connectivity index (χ0n) is 21.2. The standard InChI is InChI=1S/C27H27N5O6S/c1-28-26(34)23-16-37-24-15-20(8-9-22(23)24)38-25-10-11-29-27(31-25)30-18-4-2-5-21(14-18)39(35,36)17-32(12-3-13-33)19-6-7-19/h2,4-5,8-11,13-16,19H,3,6-7,12,17H2,1H3,(H,28,34)(H,29,30,31). The molecule has 4 aromatic rings. The van der Waals surface area contributed by atoms with Gasteiger partial charge in [0.2, 0.25) is 11.8 Å². The number of anilines is 2. The Kier molecular flexibility index (Phi) is 7.57. The molecule has 1 saturated carbocycles. The van der Waals surface area contributed by atoms with Gasteiger partial charge in [-0.3, -0.25) is 9.69 Å². The van der Waals surface area contributed by atoms with Crippen molar-refractivity contribution >= 4 is 44.6 Å². The lowest BCUT2D eigenvalue weighted by molar-refractivity contribution is -0.108. The fourth-order valence-electron chi connectivity index (χ4n) is 4.16. The zero-order valence-corrected chi connectivity index (χ0v) is 22.0. The largest absolute Gasteiger partial charge is 0.463 e. The normalized spacial score (nSPS) is 13.4. The first-order chi connectivity index (χ1) is 18.9. The fraction of sp³-hybridized carbons (Fsp3) is 0.259. The number of aromatic nitrogens is 2. The minimum Gasteiger partial charge on any atom is -0.463 e. The maximum Gasteiger partial charge on any atom is 0.254 e. The Balaban J connectivity index is 1.29. The minimum atomic E-state index is -3.61. The van der Waals surface area contributed by atoms with Crippen LogP contribution in [-0.2, 0) is 14.6 Å². The number of carbonyl (C=O) groups excluding carboxylic acids is 2. The summed E-state index contributed by atoms with van der Waals surface area (Å²) < 4.78 is 37.6. The first-order valence-electron chi connectivity index (χ1n) is 12.4. The third-order valence-corrected chi connectivity index (χ3v) is 7.90. The van der Waals surface area contributed by atoms with E-state index in [-0.39, 0.29) is 34.5 Å². The molecule has 2 aromatic carbocycles. The van der Waals surface area contributed by atoms with Gasteiger partial charge in [0.1, 0.15) is 29.8 Å². The average Bonchev–Trinajstić information content (AvgIpc) is 3.70. The van der Waals surface area contributed by atoms with Gasteiger partial charge in [0.25, 0.3) is 5.91 Å². The molecule has 5 rings (SSSR count). The molecule has 2 aromatic heterocycles. The Morgan fingerprint density at radius 1 is 1.21 bits per heavy atom. The predicted molar refractivity (Wildman–Crippen MR) is 144 cm³/mol. The van der Waals surface area contributed by atoms with Crippen molar-refractivity contribution in [2.45, 2.75) is 30.2 Å². The number of nitrogens with one attached hydrogen (secondary N) is 2. The molecule has 0 aliphatic heterocycles. The van der Waals surface area contributed by atoms with E-state index in [1.165, 1.54) is 18.5 Å². The lowest BCUT2D eigenvalue weighted by atomic mass is 10.1. The summed E-state index contributed by atoms with van der Waals surface area (Å²) >= 11 is 0. The highest BCUT2D eigenvalue weighted by atomic mass is 32.2. The molecule has 39 heavy (non-hydrogen) atoms. The quantitative estimate of drug-likeness (QED) is 0.250. The maximum absolute atomic E-state index is 13.1. The third-order valence-electron chi connectivity index (χ3n) is 6.25. The highest BCUT2D eigenvalue weighted by Crippen LogP contribution is 2.30. The van der Waals surface area contributed by atoms with Crippen molar-refractivity contribution in [2.75, 3.05) is 24.8 Å². The van der Waals surface area contributed by atoms with E-state index in [1.54, 1.807) is 49.5 Å². The summed E-state index contributed by atoms with van der Waals surface area (Å²) in [4.78, 5) is 33.4. The number of hydrogen-bond acceptors (Lipinski definition) is 10. The average molecular weight is 550 g/mol. The van der Waals surface area contributed by atoms with Gasteiger partial charge in [-0.25, -0.2) is 13.4 Å². The highest BCUT2D eigenvalue weighted by molar-refractivity contribution is 7.91. The molecule has 202 valence electrons. The van der Waals surface area contributed by atoms with E-state index in [9.17, 15) is 18.0 Å². The molecule has 0 saturated heterocycles. The second-order valence-electron chi connectivity index (χ2n) is 9.10.